The van der Waals surface area contributed by atoms with E-state index in [4.69, 9.17) is 29.0 Å². The summed E-state index contributed by atoms with van der Waals surface area (Å²) in [6.45, 7) is 1.04. The van der Waals surface area contributed by atoms with Crippen LogP contribution in [0.4, 0.5) is 0 Å². The summed E-state index contributed by atoms with van der Waals surface area (Å²) in [6.07, 6.45) is 0.331. The Morgan fingerprint density at radius 1 is 0.727 bits per heavy atom. The summed E-state index contributed by atoms with van der Waals surface area (Å²) in [6, 6.07) is 0. The predicted octanol–water partition coefficient (Wildman–Crippen LogP) is -2.77. The van der Waals surface area contributed by atoms with E-state index in [1.165, 1.54) is 6.92 Å². The van der Waals surface area contributed by atoms with Gasteiger partial charge in [-0.15, -0.1) is 0 Å². The van der Waals surface area contributed by atoms with Gasteiger partial charge >= 0.3 is 0 Å². The van der Waals surface area contributed by atoms with Gasteiger partial charge in [0, 0.05) is 0 Å². The first kappa shape index (κ1) is 29.6. The SMILES string of the molecule is CC(O)C(O)CO.CS(=O)(=O)O.CS(=O)(=O)O.CS(=O)(=O)O. The Labute approximate surface area is 129 Å². The van der Waals surface area contributed by atoms with Crippen molar-refractivity contribution in [3.05, 3.63) is 0 Å². The molecule has 6 N–H and O–H groups in total. The molecule has 2 unspecified atom stereocenters. The largest absolute Gasteiger partial charge is 0.394 e. The molecule has 0 aromatic heterocycles. The Bertz CT molecular complexity index is 448. The number of aliphatic hydroxyl groups is 3. The molecule has 0 aliphatic heterocycles. The molecule has 12 nitrogen and oxygen atoms in total. The van der Waals surface area contributed by atoms with Gasteiger partial charge in [0.05, 0.1) is 31.5 Å². The van der Waals surface area contributed by atoms with Crippen molar-refractivity contribution < 1.29 is 54.2 Å². The van der Waals surface area contributed by atoms with E-state index in [0.717, 1.165) is 0 Å². The van der Waals surface area contributed by atoms with Crippen molar-refractivity contribution >= 4 is 30.4 Å². The quantitative estimate of drug-likeness (QED) is 0.262. The minimum atomic E-state index is -3.67. The average molecular weight is 394 g/mol. The lowest BCUT2D eigenvalue weighted by atomic mass is 10.2. The van der Waals surface area contributed by atoms with Gasteiger partial charge in [0.15, 0.2) is 0 Å². The van der Waals surface area contributed by atoms with Gasteiger partial charge in [0.25, 0.3) is 30.4 Å². The molecule has 0 bridgehead atoms. The highest BCUT2D eigenvalue weighted by Crippen LogP contribution is 1.87. The van der Waals surface area contributed by atoms with Gasteiger partial charge in [-0.05, 0) is 6.92 Å². The summed E-state index contributed by atoms with van der Waals surface area (Å²) in [5, 5.41) is 24.9. The second-order valence-corrected chi connectivity index (χ2v) is 8.09. The standard InChI is InChI=1S/C4H10O3.3CH4O3S/c1-3(6)4(7)2-5;3*1-5(2,3)4/h3-7H,2H2,1H3;3*1H3,(H,2,3,4). The Balaban J connectivity index is -0.0000000995. The van der Waals surface area contributed by atoms with Crippen molar-refractivity contribution in [3.8, 4) is 0 Å². The van der Waals surface area contributed by atoms with Gasteiger partial charge in [-0.1, -0.05) is 0 Å². The molecular weight excluding hydrogens is 372 g/mol. The lowest BCUT2D eigenvalue weighted by Gasteiger charge is -2.07. The van der Waals surface area contributed by atoms with Gasteiger partial charge in [0.1, 0.15) is 6.10 Å². The molecule has 15 heteroatoms. The van der Waals surface area contributed by atoms with Gasteiger partial charge < -0.3 is 15.3 Å². The molecule has 0 aromatic rings. The lowest BCUT2D eigenvalue weighted by molar-refractivity contribution is -0.00425. The first-order chi connectivity index (χ1) is 9.18. The van der Waals surface area contributed by atoms with Crippen LogP contribution in [0.5, 0.6) is 0 Å². The lowest BCUT2D eigenvalue weighted by Crippen LogP contribution is -2.25. The van der Waals surface area contributed by atoms with Crippen LogP contribution in [0, 0.1) is 0 Å². The van der Waals surface area contributed by atoms with Crippen LogP contribution in [-0.2, 0) is 30.4 Å². The first-order valence-electron chi connectivity index (χ1n) is 4.92. The van der Waals surface area contributed by atoms with Crippen molar-refractivity contribution in [2.24, 2.45) is 0 Å². The zero-order chi connectivity index (χ0) is 19.4. The Morgan fingerprint density at radius 2 is 0.864 bits per heavy atom. The minimum absolute atomic E-state index is 0.377. The zero-order valence-corrected chi connectivity index (χ0v) is 14.7. The molecular formula is C7H22O12S3. The van der Waals surface area contributed by atoms with Crippen LogP contribution in [0.25, 0.3) is 0 Å². The van der Waals surface area contributed by atoms with E-state index in [1.54, 1.807) is 0 Å². The van der Waals surface area contributed by atoms with Gasteiger partial charge in [-0.25, -0.2) is 0 Å². The molecule has 0 saturated carbocycles. The normalized spacial score (nSPS) is 13.9. The third-order valence-electron chi connectivity index (χ3n) is 0.744. The van der Waals surface area contributed by atoms with Crippen LogP contribution in [0.3, 0.4) is 0 Å². The summed E-state index contributed by atoms with van der Waals surface area (Å²) >= 11 is 0. The van der Waals surface area contributed by atoms with Crippen molar-refractivity contribution in [3.63, 3.8) is 0 Å². The molecule has 0 rings (SSSR count). The molecule has 0 aliphatic carbocycles. The van der Waals surface area contributed by atoms with E-state index >= 15 is 0 Å². The molecule has 0 radical (unpaired) electrons. The van der Waals surface area contributed by atoms with E-state index in [0.29, 0.717) is 18.8 Å². The van der Waals surface area contributed by atoms with E-state index in [1.807, 2.05) is 0 Å². The molecule has 0 spiro atoms. The molecule has 2 atom stereocenters. The fraction of sp³-hybridized carbons (Fsp3) is 1.00. The van der Waals surface area contributed by atoms with Crippen molar-refractivity contribution in [1.29, 1.82) is 0 Å². The Kier molecular flexibility index (Phi) is 17.6. The zero-order valence-electron chi connectivity index (χ0n) is 12.2. The van der Waals surface area contributed by atoms with E-state index in [9.17, 15) is 25.3 Å². The summed E-state index contributed by atoms with van der Waals surface area (Å²) in [5.74, 6) is 0. The maximum Gasteiger partial charge on any atom is 0.261 e. The fourth-order valence-corrected chi connectivity index (χ4v) is 0.153. The highest BCUT2D eigenvalue weighted by Gasteiger charge is 2.06. The van der Waals surface area contributed by atoms with E-state index < -0.39 is 42.6 Å². The van der Waals surface area contributed by atoms with Gasteiger partial charge in [-0.2, -0.15) is 25.3 Å². The van der Waals surface area contributed by atoms with Crippen molar-refractivity contribution in [2.45, 2.75) is 19.1 Å². The fourth-order valence-electron chi connectivity index (χ4n) is 0.153. The van der Waals surface area contributed by atoms with Crippen LogP contribution < -0.4 is 0 Å². The Morgan fingerprint density at radius 3 is 0.864 bits per heavy atom. The predicted molar refractivity (Wildman–Crippen MR) is 77.2 cm³/mol. The minimum Gasteiger partial charge on any atom is -0.394 e. The van der Waals surface area contributed by atoms with Crippen LogP contribution in [0.2, 0.25) is 0 Å². The van der Waals surface area contributed by atoms with Crippen LogP contribution in [-0.4, -0.2) is 91.8 Å². The highest BCUT2D eigenvalue weighted by molar-refractivity contribution is 7.85. The molecule has 0 amide bonds. The summed E-state index contributed by atoms with van der Waals surface area (Å²) in [4.78, 5) is 0. The smallest absolute Gasteiger partial charge is 0.261 e. The molecule has 22 heavy (non-hydrogen) atoms. The number of rotatable bonds is 2. The summed E-state index contributed by atoms with van der Waals surface area (Å²) in [5.41, 5.74) is 0. The van der Waals surface area contributed by atoms with Crippen molar-refractivity contribution in [1.82, 2.24) is 0 Å². The molecule has 0 fully saturated rings. The highest BCUT2D eigenvalue weighted by atomic mass is 32.2. The van der Waals surface area contributed by atoms with Crippen LogP contribution in [0.15, 0.2) is 0 Å². The van der Waals surface area contributed by atoms with E-state index in [-0.39, 0.29) is 6.61 Å². The first-order valence-corrected chi connectivity index (χ1v) is 10.5. The summed E-state index contributed by atoms with van der Waals surface area (Å²) < 4.78 is 77.6. The second kappa shape index (κ2) is 13.1. The second-order valence-electron chi connectivity index (χ2n) is 3.69. The molecule has 0 aliphatic rings. The molecule has 0 saturated heterocycles. The monoisotopic (exact) mass is 394 g/mol. The number of hydrogen-bond donors (Lipinski definition) is 6. The van der Waals surface area contributed by atoms with Crippen LogP contribution in [0.1, 0.15) is 6.92 Å². The van der Waals surface area contributed by atoms with Gasteiger partial charge in [-0.3, -0.25) is 13.7 Å². The topological polar surface area (TPSA) is 224 Å². The van der Waals surface area contributed by atoms with Crippen molar-refractivity contribution in [2.75, 3.05) is 25.4 Å². The third kappa shape index (κ3) is 216. The number of aliphatic hydroxyl groups excluding tert-OH is 3. The maximum absolute atomic E-state index is 9.19. The third-order valence-corrected chi connectivity index (χ3v) is 0.744. The Hall–Kier alpha value is -0.390. The van der Waals surface area contributed by atoms with E-state index in [2.05, 4.69) is 0 Å². The average Bonchev–Trinajstić information content (AvgIpc) is 2.07. The summed E-state index contributed by atoms with van der Waals surface area (Å²) in [7, 11) is -11.0. The molecule has 140 valence electrons. The molecule has 0 heterocycles. The van der Waals surface area contributed by atoms with Crippen LogP contribution >= 0.6 is 0 Å². The maximum atomic E-state index is 9.19. The number of hydrogen-bond acceptors (Lipinski definition) is 9. The molecule has 0 aromatic carbocycles. The van der Waals surface area contributed by atoms with Gasteiger partial charge in [0.2, 0.25) is 0 Å².